The SMILES string of the molecule is Cc1ccc(OCCOC(=O)c2nn(C(C)C)c(=O)c3ccccc23)cc1. The average Bonchev–Trinajstić information content (AvgIpc) is 2.66. The molecular formula is C21H22N2O4. The van der Waals surface area contributed by atoms with E-state index >= 15 is 0 Å². The van der Waals surface area contributed by atoms with Crippen molar-refractivity contribution in [1.29, 1.82) is 0 Å². The molecule has 6 heteroatoms. The van der Waals surface area contributed by atoms with Gasteiger partial charge in [0.15, 0.2) is 5.69 Å². The third-order valence-electron chi connectivity index (χ3n) is 4.12. The van der Waals surface area contributed by atoms with Crippen molar-refractivity contribution < 1.29 is 14.3 Å². The summed E-state index contributed by atoms with van der Waals surface area (Å²) < 4.78 is 12.2. The third-order valence-corrected chi connectivity index (χ3v) is 4.12. The topological polar surface area (TPSA) is 70.4 Å². The summed E-state index contributed by atoms with van der Waals surface area (Å²) in [6, 6.07) is 14.4. The first kappa shape index (κ1) is 18.6. The predicted octanol–water partition coefficient (Wildman–Crippen LogP) is 3.52. The summed E-state index contributed by atoms with van der Waals surface area (Å²) >= 11 is 0. The zero-order chi connectivity index (χ0) is 19.4. The van der Waals surface area contributed by atoms with Crippen LogP contribution in [0.2, 0.25) is 0 Å². The Morgan fingerprint density at radius 3 is 2.37 bits per heavy atom. The molecule has 3 rings (SSSR count). The lowest BCUT2D eigenvalue weighted by atomic mass is 10.1. The number of hydrogen-bond donors (Lipinski definition) is 0. The molecule has 0 unspecified atom stereocenters. The number of nitrogens with zero attached hydrogens (tertiary/aromatic N) is 2. The Hall–Kier alpha value is -3.15. The van der Waals surface area contributed by atoms with Gasteiger partial charge in [0.05, 0.1) is 11.4 Å². The van der Waals surface area contributed by atoms with Gasteiger partial charge in [0.1, 0.15) is 19.0 Å². The molecule has 1 heterocycles. The fraction of sp³-hybridized carbons (Fsp3) is 0.286. The molecule has 0 aliphatic carbocycles. The van der Waals surface area contributed by atoms with Gasteiger partial charge in [0, 0.05) is 5.39 Å². The molecule has 0 bridgehead atoms. The number of rotatable bonds is 6. The highest BCUT2D eigenvalue weighted by atomic mass is 16.6. The van der Waals surface area contributed by atoms with Gasteiger partial charge in [-0.15, -0.1) is 0 Å². The number of ether oxygens (including phenoxy) is 2. The molecule has 1 aromatic heterocycles. The van der Waals surface area contributed by atoms with Crippen LogP contribution in [0, 0.1) is 6.92 Å². The Bertz CT molecular complexity index is 1010. The van der Waals surface area contributed by atoms with E-state index < -0.39 is 5.97 Å². The summed E-state index contributed by atoms with van der Waals surface area (Å²) in [6.45, 7) is 6.00. The minimum absolute atomic E-state index is 0.0868. The Morgan fingerprint density at radius 1 is 1.04 bits per heavy atom. The Labute approximate surface area is 157 Å². The highest BCUT2D eigenvalue weighted by Crippen LogP contribution is 2.16. The monoisotopic (exact) mass is 366 g/mol. The smallest absolute Gasteiger partial charge is 0.359 e. The summed E-state index contributed by atoms with van der Waals surface area (Å²) in [6.07, 6.45) is 0. The number of carbonyl (C=O) groups is 1. The van der Waals surface area contributed by atoms with E-state index in [9.17, 15) is 9.59 Å². The standard InChI is InChI=1S/C21H22N2O4/c1-14(2)23-20(24)18-7-5-4-6-17(18)19(22-23)21(25)27-13-12-26-16-10-8-15(3)9-11-16/h4-11,14H,12-13H2,1-3H3. The van der Waals surface area contributed by atoms with Crippen molar-refractivity contribution in [2.45, 2.75) is 26.8 Å². The molecule has 0 aliphatic heterocycles. The van der Waals surface area contributed by atoms with Crippen molar-refractivity contribution in [3.05, 3.63) is 70.1 Å². The minimum atomic E-state index is -0.576. The molecular weight excluding hydrogens is 344 g/mol. The number of fused-ring (bicyclic) bond motifs is 1. The number of hydrogen-bond acceptors (Lipinski definition) is 5. The fourth-order valence-electron chi connectivity index (χ4n) is 2.70. The van der Waals surface area contributed by atoms with E-state index in [-0.39, 0.29) is 30.5 Å². The molecule has 0 amide bonds. The number of aryl methyl sites for hydroxylation is 1. The number of benzene rings is 2. The van der Waals surface area contributed by atoms with Crippen LogP contribution in [0.25, 0.3) is 10.8 Å². The van der Waals surface area contributed by atoms with Gasteiger partial charge < -0.3 is 9.47 Å². The Balaban J connectivity index is 1.74. The molecule has 2 aromatic carbocycles. The van der Waals surface area contributed by atoms with Crippen molar-refractivity contribution in [1.82, 2.24) is 9.78 Å². The summed E-state index contributed by atoms with van der Waals surface area (Å²) in [5.41, 5.74) is 1.06. The zero-order valence-electron chi connectivity index (χ0n) is 15.6. The van der Waals surface area contributed by atoms with E-state index in [0.29, 0.717) is 16.5 Å². The fourth-order valence-corrected chi connectivity index (χ4v) is 2.70. The lowest BCUT2D eigenvalue weighted by molar-refractivity contribution is 0.0443. The van der Waals surface area contributed by atoms with Crippen LogP contribution in [-0.4, -0.2) is 29.0 Å². The molecule has 3 aromatic rings. The van der Waals surface area contributed by atoms with Crippen LogP contribution in [0.5, 0.6) is 5.75 Å². The van der Waals surface area contributed by atoms with E-state index in [1.54, 1.807) is 24.3 Å². The number of carbonyl (C=O) groups excluding carboxylic acids is 1. The van der Waals surface area contributed by atoms with Crippen molar-refractivity contribution in [2.24, 2.45) is 0 Å². The highest BCUT2D eigenvalue weighted by Gasteiger charge is 2.18. The van der Waals surface area contributed by atoms with Crippen LogP contribution >= 0.6 is 0 Å². The first-order valence-electron chi connectivity index (χ1n) is 8.85. The maximum atomic E-state index is 12.5. The van der Waals surface area contributed by atoms with Gasteiger partial charge >= 0.3 is 5.97 Å². The maximum absolute atomic E-state index is 12.5. The van der Waals surface area contributed by atoms with E-state index in [2.05, 4.69) is 5.10 Å². The Kier molecular flexibility index (Phi) is 5.54. The Morgan fingerprint density at radius 2 is 1.70 bits per heavy atom. The van der Waals surface area contributed by atoms with E-state index in [1.165, 1.54) is 4.68 Å². The second kappa shape index (κ2) is 8.03. The molecule has 0 atom stereocenters. The minimum Gasteiger partial charge on any atom is -0.490 e. The first-order valence-corrected chi connectivity index (χ1v) is 8.85. The maximum Gasteiger partial charge on any atom is 0.359 e. The molecule has 0 radical (unpaired) electrons. The van der Waals surface area contributed by atoms with Crippen LogP contribution in [0.15, 0.2) is 53.3 Å². The summed E-state index contributed by atoms with van der Waals surface area (Å²) in [4.78, 5) is 25.1. The van der Waals surface area contributed by atoms with Crippen LogP contribution in [0.3, 0.4) is 0 Å². The lowest BCUT2D eigenvalue weighted by Crippen LogP contribution is -2.28. The summed E-state index contributed by atoms with van der Waals surface area (Å²) in [7, 11) is 0. The zero-order valence-corrected chi connectivity index (χ0v) is 15.6. The molecule has 0 aliphatic rings. The van der Waals surface area contributed by atoms with Crippen molar-refractivity contribution in [3.8, 4) is 5.75 Å². The molecule has 140 valence electrons. The largest absolute Gasteiger partial charge is 0.490 e. The van der Waals surface area contributed by atoms with Crippen LogP contribution in [0.4, 0.5) is 0 Å². The highest BCUT2D eigenvalue weighted by molar-refractivity contribution is 6.02. The molecule has 6 nitrogen and oxygen atoms in total. The lowest BCUT2D eigenvalue weighted by Gasteiger charge is -2.13. The first-order chi connectivity index (χ1) is 13.0. The normalized spacial score (nSPS) is 11.0. The van der Waals surface area contributed by atoms with Gasteiger partial charge in [0.2, 0.25) is 0 Å². The van der Waals surface area contributed by atoms with E-state index in [0.717, 1.165) is 5.56 Å². The van der Waals surface area contributed by atoms with E-state index in [1.807, 2.05) is 45.0 Å². The molecule has 0 saturated heterocycles. The van der Waals surface area contributed by atoms with E-state index in [4.69, 9.17) is 9.47 Å². The molecule has 0 fully saturated rings. The third kappa shape index (κ3) is 4.16. The van der Waals surface area contributed by atoms with Gasteiger partial charge in [-0.25, -0.2) is 9.48 Å². The van der Waals surface area contributed by atoms with Gasteiger partial charge in [-0.2, -0.15) is 5.10 Å². The molecule has 0 saturated carbocycles. The average molecular weight is 366 g/mol. The van der Waals surface area contributed by atoms with Crippen LogP contribution < -0.4 is 10.3 Å². The molecule has 0 N–H and O–H groups in total. The molecule has 0 spiro atoms. The van der Waals surface area contributed by atoms with Gasteiger partial charge in [-0.05, 0) is 39.0 Å². The summed E-state index contributed by atoms with van der Waals surface area (Å²) in [5.74, 6) is 0.140. The van der Waals surface area contributed by atoms with Gasteiger partial charge in [0.25, 0.3) is 5.56 Å². The number of esters is 1. The quantitative estimate of drug-likeness (QED) is 0.493. The van der Waals surface area contributed by atoms with Crippen LogP contribution in [-0.2, 0) is 4.74 Å². The van der Waals surface area contributed by atoms with Gasteiger partial charge in [-0.3, -0.25) is 4.79 Å². The summed E-state index contributed by atoms with van der Waals surface area (Å²) in [5, 5.41) is 5.17. The molecule has 27 heavy (non-hydrogen) atoms. The van der Waals surface area contributed by atoms with Crippen molar-refractivity contribution in [3.63, 3.8) is 0 Å². The van der Waals surface area contributed by atoms with Crippen molar-refractivity contribution >= 4 is 16.7 Å². The second-order valence-corrected chi connectivity index (χ2v) is 6.54. The second-order valence-electron chi connectivity index (χ2n) is 6.54. The number of aromatic nitrogens is 2. The predicted molar refractivity (Wildman–Crippen MR) is 103 cm³/mol. The van der Waals surface area contributed by atoms with Gasteiger partial charge in [-0.1, -0.05) is 35.9 Å². The van der Waals surface area contributed by atoms with Crippen molar-refractivity contribution in [2.75, 3.05) is 13.2 Å². The van der Waals surface area contributed by atoms with Crippen LogP contribution in [0.1, 0.15) is 35.9 Å².